The second kappa shape index (κ2) is 7.41. The second-order valence-electron chi connectivity index (χ2n) is 4.51. The summed E-state index contributed by atoms with van der Waals surface area (Å²) in [5.74, 6) is -0.200. The number of hydrogen-bond donors (Lipinski definition) is 2. The van der Waals surface area contributed by atoms with Crippen LogP contribution in [0.25, 0.3) is 0 Å². The number of ether oxygens (including phenoxy) is 1. The van der Waals surface area contributed by atoms with Crippen molar-refractivity contribution in [2.75, 3.05) is 7.11 Å². The Bertz CT molecular complexity index is 429. The molecule has 0 aliphatic rings. The van der Waals surface area contributed by atoms with E-state index in [1.165, 1.54) is 0 Å². The molecule has 1 aromatic carbocycles. The Kier molecular flexibility index (Phi) is 5.85. The third-order valence-electron chi connectivity index (χ3n) is 3.02. The topological polar surface area (TPSA) is 95.4 Å². The monoisotopic (exact) mass is 264 g/mol. The Balaban J connectivity index is 2.56. The average molecular weight is 264 g/mol. The molecule has 0 aliphatic carbocycles. The van der Waals surface area contributed by atoms with Crippen LogP contribution in [0.4, 0.5) is 0 Å². The van der Waals surface area contributed by atoms with Gasteiger partial charge in [0.2, 0.25) is 11.8 Å². The maximum Gasteiger partial charge on any atom is 0.220 e. The molecule has 0 saturated carbocycles. The third kappa shape index (κ3) is 5.42. The Labute approximate surface area is 112 Å². The molecule has 0 fully saturated rings. The summed E-state index contributed by atoms with van der Waals surface area (Å²) in [6.45, 7) is 0. The van der Waals surface area contributed by atoms with Crippen molar-refractivity contribution < 1.29 is 14.3 Å². The van der Waals surface area contributed by atoms with E-state index in [0.29, 0.717) is 19.3 Å². The van der Waals surface area contributed by atoms with Gasteiger partial charge in [0.1, 0.15) is 5.75 Å². The van der Waals surface area contributed by atoms with Crippen LogP contribution >= 0.6 is 0 Å². The number of hydrogen-bond acceptors (Lipinski definition) is 3. The number of primary amides is 2. The maximum atomic E-state index is 11.4. The Morgan fingerprint density at radius 3 is 2.32 bits per heavy atom. The first-order chi connectivity index (χ1) is 9.02. The minimum Gasteiger partial charge on any atom is -0.497 e. The summed E-state index contributed by atoms with van der Waals surface area (Å²) in [6, 6.07) is 7.50. The lowest BCUT2D eigenvalue weighted by molar-refractivity contribution is -0.122. The van der Waals surface area contributed by atoms with Gasteiger partial charge in [0.05, 0.1) is 7.11 Å². The summed E-state index contributed by atoms with van der Waals surface area (Å²) in [7, 11) is 1.60. The molecule has 0 bridgehead atoms. The quantitative estimate of drug-likeness (QED) is 0.733. The smallest absolute Gasteiger partial charge is 0.220 e. The summed E-state index contributed by atoms with van der Waals surface area (Å²) in [5.41, 5.74) is 11.5. The van der Waals surface area contributed by atoms with Gasteiger partial charge in [-0.05, 0) is 37.0 Å². The first-order valence-electron chi connectivity index (χ1n) is 6.23. The van der Waals surface area contributed by atoms with Crippen LogP contribution in [-0.2, 0) is 16.0 Å². The van der Waals surface area contributed by atoms with Crippen LogP contribution in [-0.4, -0.2) is 18.9 Å². The van der Waals surface area contributed by atoms with Crippen LogP contribution in [0.5, 0.6) is 5.75 Å². The van der Waals surface area contributed by atoms with Crippen molar-refractivity contribution in [1.82, 2.24) is 0 Å². The molecule has 1 atom stereocenters. The van der Waals surface area contributed by atoms with E-state index < -0.39 is 0 Å². The largest absolute Gasteiger partial charge is 0.497 e. The zero-order valence-corrected chi connectivity index (χ0v) is 11.1. The molecular formula is C14H20N2O3. The molecule has 0 spiro atoms. The standard InChI is InChI=1S/C14H20N2O3/c1-19-12-7-5-10(6-8-12)9-11(14(16)18)3-2-4-13(15)17/h5-8,11H,2-4,9H2,1H3,(H2,15,17)(H2,16,18). The summed E-state index contributed by atoms with van der Waals surface area (Å²) in [4.78, 5) is 22.1. The number of rotatable bonds is 8. The highest BCUT2D eigenvalue weighted by Gasteiger charge is 2.16. The van der Waals surface area contributed by atoms with Crippen molar-refractivity contribution in [2.45, 2.75) is 25.7 Å². The van der Waals surface area contributed by atoms with Crippen molar-refractivity contribution in [3.05, 3.63) is 29.8 Å². The molecule has 0 radical (unpaired) electrons. The minimum atomic E-state index is -0.354. The predicted octanol–water partition coefficient (Wildman–Crippen LogP) is 0.995. The van der Waals surface area contributed by atoms with Gasteiger partial charge in [0, 0.05) is 12.3 Å². The van der Waals surface area contributed by atoms with Crippen molar-refractivity contribution in [3.8, 4) is 5.75 Å². The van der Waals surface area contributed by atoms with Gasteiger partial charge in [-0.1, -0.05) is 12.1 Å². The molecule has 0 saturated heterocycles. The molecule has 104 valence electrons. The van der Waals surface area contributed by atoms with Crippen molar-refractivity contribution >= 4 is 11.8 Å². The highest BCUT2D eigenvalue weighted by molar-refractivity contribution is 5.77. The maximum absolute atomic E-state index is 11.4. The van der Waals surface area contributed by atoms with Crippen LogP contribution < -0.4 is 16.2 Å². The minimum absolute atomic E-state index is 0.271. The molecule has 19 heavy (non-hydrogen) atoms. The highest BCUT2D eigenvalue weighted by atomic mass is 16.5. The van der Waals surface area contributed by atoms with Crippen molar-refractivity contribution in [1.29, 1.82) is 0 Å². The van der Waals surface area contributed by atoms with Crippen LogP contribution in [0.15, 0.2) is 24.3 Å². The van der Waals surface area contributed by atoms with Crippen molar-refractivity contribution in [3.63, 3.8) is 0 Å². The molecule has 5 nitrogen and oxygen atoms in total. The number of nitrogens with two attached hydrogens (primary N) is 2. The van der Waals surface area contributed by atoms with Gasteiger partial charge < -0.3 is 16.2 Å². The number of carbonyl (C=O) groups excluding carboxylic acids is 2. The van der Waals surface area contributed by atoms with Gasteiger partial charge in [-0.2, -0.15) is 0 Å². The van der Waals surface area contributed by atoms with Gasteiger partial charge in [-0.3, -0.25) is 9.59 Å². The lowest BCUT2D eigenvalue weighted by Gasteiger charge is -2.13. The lowest BCUT2D eigenvalue weighted by Crippen LogP contribution is -2.25. The summed E-state index contributed by atoms with van der Waals surface area (Å²) < 4.78 is 5.07. The van der Waals surface area contributed by atoms with Gasteiger partial charge in [-0.25, -0.2) is 0 Å². The van der Waals surface area contributed by atoms with Crippen molar-refractivity contribution in [2.24, 2.45) is 17.4 Å². The Hall–Kier alpha value is -2.04. The molecule has 1 aromatic rings. The predicted molar refractivity (Wildman–Crippen MR) is 72.4 cm³/mol. The normalized spacial score (nSPS) is 11.8. The number of methoxy groups -OCH3 is 1. The third-order valence-corrected chi connectivity index (χ3v) is 3.02. The molecule has 4 N–H and O–H groups in total. The molecule has 1 rings (SSSR count). The zero-order chi connectivity index (χ0) is 14.3. The fourth-order valence-corrected chi connectivity index (χ4v) is 1.91. The number of amides is 2. The van der Waals surface area contributed by atoms with E-state index in [1.807, 2.05) is 24.3 Å². The molecule has 0 aliphatic heterocycles. The molecule has 1 unspecified atom stereocenters. The highest BCUT2D eigenvalue weighted by Crippen LogP contribution is 2.18. The summed E-state index contributed by atoms with van der Waals surface area (Å²) >= 11 is 0. The fourth-order valence-electron chi connectivity index (χ4n) is 1.91. The average Bonchev–Trinajstić information content (AvgIpc) is 2.37. The van der Waals surface area contributed by atoms with Crippen LogP contribution in [0.3, 0.4) is 0 Å². The Morgan fingerprint density at radius 2 is 1.84 bits per heavy atom. The molecular weight excluding hydrogens is 244 g/mol. The molecule has 0 aromatic heterocycles. The lowest BCUT2D eigenvalue weighted by atomic mass is 9.93. The number of carbonyl (C=O) groups is 2. The second-order valence-corrected chi connectivity index (χ2v) is 4.51. The van der Waals surface area contributed by atoms with Gasteiger partial charge in [-0.15, -0.1) is 0 Å². The van der Waals surface area contributed by atoms with Crippen LogP contribution in [0.1, 0.15) is 24.8 Å². The van der Waals surface area contributed by atoms with Crippen LogP contribution in [0.2, 0.25) is 0 Å². The fraction of sp³-hybridized carbons (Fsp3) is 0.429. The van der Waals surface area contributed by atoms with E-state index in [1.54, 1.807) is 7.11 Å². The van der Waals surface area contributed by atoms with E-state index in [0.717, 1.165) is 11.3 Å². The van der Waals surface area contributed by atoms with E-state index in [9.17, 15) is 9.59 Å². The molecule has 0 heterocycles. The number of benzene rings is 1. The van der Waals surface area contributed by atoms with Gasteiger partial charge in [0.25, 0.3) is 0 Å². The zero-order valence-electron chi connectivity index (χ0n) is 11.1. The first kappa shape index (κ1) is 15.0. The van der Waals surface area contributed by atoms with Crippen LogP contribution in [0, 0.1) is 5.92 Å². The Morgan fingerprint density at radius 1 is 1.21 bits per heavy atom. The van der Waals surface area contributed by atoms with E-state index in [4.69, 9.17) is 16.2 Å². The van der Waals surface area contributed by atoms with E-state index in [-0.39, 0.29) is 24.2 Å². The first-order valence-corrected chi connectivity index (χ1v) is 6.23. The van der Waals surface area contributed by atoms with E-state index in [2.05, 4.69) is 0 Å². The molecule has 5 heteroatoms. The van der Waals surface area contributed by atoms with Gasteiger partial charge >= 0.3 is 0 Å². The van der Waals surface area contributed by atoms with E-state index >= 15 is 0 Å². The van der Waals surface area contributed by atoms with Gasteiger partial charge in [0.15, 0.2) is 0 Å². The molecule has 2 amide bonds. The summed E-state index contributed by atoms with van der Waals surface area (Å²) in [5, 5.41) is 0. The summed E-state index contributed by atoms with van der Waals surface area (Å²) in [6.07, 6.45) is 2.01. The SMILES string of the molecule is COc1ccc(CC(CCCC(N)=O)C(N)=O)cc1.